The van der Waals surface area contributed by atoms with Gasteiger partial charge in [-0.05, 0) is 112 Å². The van der Waals surface area contributed by atoms with Gasteiger partial charge in [-0.15, -0.1) is 0 Å². The lowest BCUT2D eigenvalue weighted by atomic mass is 9.79. The molecule has 0 aromatic heterocycles. The van der Waals surface area contributed by atoms with Crippen molar-refractivity contribution in [3.8, 4) is 23.0 Å². The normalized spacial score (nSPS) is 13.6. The first kappa shape index (κ1) is 57.9. The molecule has 0 atom stereocenters. The SMILES string of the molecule is CC(C)CN(CC(C)C)C(=O)COc1c2cc(C(C)(C)C)cc1Cc1cc(C(C)(C)C)cc(c1OCC(=O)N(CC(C)C)CC(C)C)Cc1cc(C(C)(C)C)cc(c1O)Cc1cc(C(C)(C)C)cc(c1O)C2. The van der Waals surface area contributed by atoms with Crippen LogP contribution in [0.3, 0.4) is 0 Å². The Kier molecular flexibility index (Phi) is 18.2. The lowest BCUT2D eigenvalue weighted by molar-refractivity contribution is -0.135. The molecule has 4 aromatic rings. The molecule has 72 heavy (non-hydrogen) atoms. The summed E-state index contributed by atoms with van der Waals surface area (Å²) in [4.78, 5) is 32.6. The standard InChI is InChI=1S/C64H94N2O6/c1-39(2)33-65(34-40(3)4)55(67)37-71-59-47-22-45-27-51(61(9,10)11)25-43(57(45)69)21-44-26-52(62(12,13)14)28-46(58(44)70)23-48-30-54(64(18,19)20)32-50(24-49(59)31-53(29-47)63(15,16)17)60(48)72-38-56(68)66(35-41(5)6)36-42(7)8/h25-32,39-42,69-70H,21-24,33-38H2,1-20H3. The molecule has 0 fully saturated rings. The minimum Gasteiger partial charge on any atom is -0.507 e. The Balaban J connectivity index is 1.93. The van der Waals surface area contributed by atoms with Crippen LogP contribution in [0.1, 0.15) is 205 Å². The first-order valence-corrected chi connectivity index (χ1v) is 27.0. The zero-order chi connectivity index (χ0) is 54.0. The third-order valence-corrected chi connectivity index (χ3v) is 13.7. The number of ether oxygens (including phenoxy) is 2. The van der Waals surface area contributed by atoms with E-state index in [9.17, 15) is 19.8 Å². The molecule has 0 aliphatic heterocycles. The van der Waals surface area contributed by atoms with Crippen molar-refractivity contribution in [1.82, 2.24) is 9.80 Å². The zero-order valence-electron chi connectivity index (χ0n) is 48.4. The monoisotopic (exact) mass is 987 g/mol. The van der Waals surface area contributed by atoms with Crippen LogP contribution in [0.5, 0.6) is 23.0 Å². The quantitative estimate of drug-likeness (QED) is 0.115. The molecule has 1 aliphatic rings. The summed E-state index contributed by atoms with van der Waals surface area (Å²) in [7, 11) is 0. The number of benzene rings is 4. The molecule has 4 aromatic carbocycles. The average molecular weight is 987 g/mol. The number of fused-ring (bicyclic) bond motifs is 8. The van der Waals surface area contributed by atoms with Crippen molar-refractivity contribution in [2.75, 3.05) is 39.4 Å². The molecule has 0 saturated carbocycles. The van der Waals surface area contributed by atoms with Crippen LogP contribution >= 0.6 is 0 Å². The highest BCUT2D eigenvalue weighted by Crippen LogP contribution is 2.44. The number of phenols is 2. The van der Waals surface area contributed by atoms with Crippen molar-refractivity contribution in [2.45, 2.75) is 186 Å². The van der Waals surface area contributed by atoms with Gasteiger partial charge in [0.25, 0.3) is 11.8 Å². The number of hydrogen-bond donors (Lipinski definition) is 2. The van der Waals surface area contributed by atoms with Gasteiger partial charge in [0.2, 0.25) is 0 Å². The topological polar surface area (TPSA) is 99.5 Å². The Labute approximate surface area is 436 Å². The largest absolute Gasteiger partial charge is 0.507 e. The van der Waals surface area contributed by atoms with Gasteiger partial charge in [0.05, 0.1) is 0 Å². The zero-order valence-corrected chi connectivity index (χ0v) is 48.4. The highest BCUT2D eigenvalue weighted by atomic mass is 16.5. The summed E-state index contributed by atoms with van der Waals surface area (Å²) in [6.07, 6.45) is 1.32. The van der Waals surface area contributed by atoms with Gasteiger partial charge >= 0.3 is 0 Å². The Bertz CT molecular complexity index is 2360. The first-order valence-electron chi connectivity index (χ1n) is 27.0. The first-order chi connectivity index (χ1) is 33.1. The van der Waals surface area contributed by atoms with Gasteiger partial charge in [-0.2, -0.15) is 0 Å². The van der Waals surface area contributed by atoms with Crippen LogP contribution in [0.2, 0.25) is 0 Å². The molecule has 8 heteroatoms. The average Bonchev–Trinajstić information content (AvgIpc) is 3.22. The summed E-state index contributed by atoms with van der Waals surface area (Å²) in [6, 6.07) is 17.3. The maximum Gasteiger partial charge on any atom is 0.260 e. The van der Waals surface area contributed by atoms with Gasteiger partial charge in [-0.3, -0.25) is 9.59 Å². The number of phenolic OH excluding ortho intramolecular Hbond substituents is 2. The summed E-state index contributed by atoms with van der Waals surface area (Å²) < 4.78 is 14.0. The maximum absolute atomic E-state index is 14.4. The van der Waals surface area contributed by atoms with Crippen LogP contribution < -0.4 is 9.47 Å². The van der Waals surface area contributed by atoms with Crippen LogP contribution in [0.15, 0.2) is 48.5 Å². The highest BCUT2D eigenvalue weighted by molar-refractivity contribution is 5.78. The third kappa shape index (κ3) is 15.1. The van der Waals surface area contributed by atoms with Gasteiger partial charge in [-0.25, -0.2) is 0 Å². The fraction of sp³-hybridized carbons (Fsp3) is 0.594. The fourth-order valence-electron chi connectivity index (χ4n) is 9.79. The van der Waals surface area contributed by atoms with Crippen molar-refractivity contribution in [3.05, 3.63) is 115 Å². The molecule has 2 amide bonds. The van der Waals surface area contributed by atoms with E-state index < -0.39 is 0 Å². The highest BCUT2D eigenvalue weighted by Gasteiger charge is 2.30. The molecular formula is C64H94N2O6. The van der Waals surface area contributed by atoms with Crippen LogP contribution in [-0.4, -0.2) is 71.2 Å². The van der Waals surface area contributed by atoms with E-state index in [-0.39, 0.29) is 81.9 Å². The number of carbonyl (C=O) groups is 2. The lowest BCUT2D eigenvalue weighted by Gasteiger charge is -2.29. The number of rotatable bonds is 14. The van der Waals surface area contributed by atoms with Gasteiger partial charge in [0.15, 0.2) is 13.2 Å². The van der Waals surface area contributed by atoms with E-state index in [4.69, 9.17) is 9.47 Å². The maximum atomic E-state index is 14.4. The van der Waals surface area contributed by atoms with E-state index in [0.29, 0.717) is 63.4 Å². The number of hydrogen-bond acceptors (Lipinski definition) is 6. The second kappa shape index (κ2) is 22.6. The Hall–Kier alpha value is -4.98. The summed E-state index contributed by atoms with van der Waals surface area (Å²) in [5.41, 5.74) is 9.71. The summed E-state index contributed by atoms with van der Waals surface area (Å²) in [5.74, 6) is 2.59. The van der Waals surface area contributed by atoms with Crippen LogP contribution in [0, 0.1) is 23.7 Å². The van der Waals surface area contributed by atoms with E-state index in [1.165, 1.54) is 0 Å². The van der Waals surface area contributed by atoms with E-state index in [2.05, 4.69) is 187 Å². The second-order valence-electron chi connectivity index (χ2n) is 27.0. The summed E-state index contributed by atoms with van der Waals surface area (Å²) in [6.45, 7) is 45.7. The molecule has 5 rings (SSSR count). The third-order valence-electron chi connectivity index (χ3n) is 13.7. The second-order valence-corrected chi connectivity index (χ2v) is 27.0. The lowest BCUT2D eigenvalue weighted by Crippen LogP contribution is -2.40. The van der Waals surface area contributed by atoms with Gasteiger partial charge in [0, 0.05) is 51.9 Å². The molecule has 2 N–H and O–H groups in total. The van der Waals surface area contributed by atoms with E-state index in [1.807, 2.05) is 9.80 Å². The molecule has 0 spiro atoms. The van der Waals surface area contributed by atoms with Gasteiger partial charge in [0.1, 0.15) is 23.0 Å². The molecule has 396 valence electrons. The predicted molar refractivity (Wildman–Crippen MR) is 299 cm³/mol. The minimum atomic E-state index is -0.282. The van der Waals surface area contributed by atoms with Crippen molar-refractivity contribution in [3.63, 3.8) is 0 Å². The smallest absolute Gasteiger partial charge is 0.260 e. The van der Waals surface area contributed by atoms with Crippen LogP contribution in [0.25, 0.3) is 0 Å². The number of carbonyl (C=O) groups excluding carboxylic acids is 2. The predicted octanol–water partition coefficient (Wildman–Crippen LogP) is 14.0. The van der Waals surface area contributed by atoms with Crippen molar-refractivity contribution >= 4 is 11.8 Å². The summed E-state index contributed by atoms with van der Waals surface area (Å²) >= 11 is 0. The molecule has 0 radical (unpaired) electrons. The van der Waals surface area contributed by atoms with Crippen LogP contribution in [-0.2, 0) is 56.9 Å². The van der Waals surface area contributed by atoms with E-state index >= 15 is 0 Å². The van der Waals surface area contributed by atoms with E-state index in [0.717, 1.165) is 66.8 Å². The molecule has 8 bridgehead atoms. The van der Waals surface area contributed by atoms with Crippen molar-refractivity contribution in [1.29, 1.82) is 0 Å². The Morgan fingerprint density at radius 1 is 0.403 bits per heavy atom. The minimum absolute atomic E-state index is 0.0707. The van der Waals surface area contributed by atoms with Crippen molar-refractivity contribution < 1.29 is 29.3 Å². The van der Waals surface area contributed by atoms with Crippen molar-refractivity contribution in [2.24, 2.45) is 23.7 Å². The molecule has 0 unspecified atom stereocenters. The van der Waals surface area contributed by atoms with Gasteiger partial charge < -0.3 is 29.5 Å². The van der Waals surface area contributed by atoms with Crippen LogP contribution in [0.4, 0.5) is 0 Å². The molecular weight excluding hydrogens is 893 g/mol. The van der Waals surface area contributed by atoms with E-state index in [1.54, 1.807) is 0 Å². The molecule has 1 aliphatic carbocycles. The molecule has 0 saturated heterocycles. The Morgan fingerprint density at radius 3 is 0.806 bits per heavy atom. The number of nitrogens with zero attached hydrogens (tertiary/aromatic N) is 2. The molecule has 8 nitrogen and oxygen atoms in total. The number of aromatic hydroxyl groups is 2. The number of amides is 2. The molecule has 0 heterocycles. The fourth-order valence-corrected chi connectivity index (χ4v) is 9.79. The van der Waals surface area contributed by atoms with Gasteiger partial charge in [-0.1, -0.05) is 187 Å². The Morgan fingerprint density at radius 2 is 0.597 bits per heavy atom. The summed E-state index contributed by atoms with van der Waals surface area (Å²) in [5, 5.41) is 25.1.